The Morgan fingerprint density at radius 2 is 2.18 bits per heavy atom. The van der Waals surface area contributed by atoms with Crippen LogP contribution in [0.15, 0.2) is 28.8 Å². The topological polar surface area (TPSA) is 98.2 Å². The van der Waals surface area contributed by atoms with Crippen LogP contribution in [0, 0.1) is 6.92 Å². The summed E-state index contributed by atoms with van der Waals surface area (Å²) in [4.78, 5) is 27.5. The minimum absolute atomic E-state index is 0.152. The van der Waals surface area contributed by atoms with Gasteiger partial charge in [-0.2, -0.15) is 0 Å². The van der Waals surface area contributed by atoms with Crippen molar-refractivity contribution in [3.63, 3.8) is 0 Å². The van der Waals surface area contributed by atoms with Crippen molar-refractivity contribution in [2.24, 2.45) is 5.73 Å². The van der Waals surface area contributed by atoms with Gasteiger partial charge in [0, 0.05) is 10.9 Å². The van der Waals surface area contributed by atoms with E-state index in [0.29, 0.717) is 16.2 Å². The van der Waals surface area contributed by atoms with Crippen LogP contribution in [-0.4, -0.2) is 16.8 Å². The third-order valence-electron chi connectivity index (χ3n) is 3.09. The largest absolute Gasteiger partial charge is 0.449 e. The van der Waals surface area contributed by atoms with Crippen molar-refractivity contribution in [1.82, 2.24) is 4.98 Å². The molecule has 1 aromatic carbocycles. The smallest absolute Gasteiger partial charge is 0.293 e. The number of benzene rings is 1. The molecule has 3 N–H and O–H groups in total. The van der Waals surface area contributed by atoms with Gasteiger partial charge in [0.05, 0.1) is 11.2 Å². The van der Waals surface area contributed by atoms with Crippen molar-refractivity contribution in [1.29, 1.82) is 0 Å². The molecule has 0 aliphatic carbocycles. The molecule has 3 aromatic rings. The summed E-state index contributed by atoms with van der Waals surface area (Å²) in [5.41, 5.74) is 6.29. The molecule has 8 heteroatoms. The predicted molar refractivity (Wildman–Crippen MR) is 84.5 cm³/mol. The molecular weight excluding hydrogens is 326 g/mol. The quantitative estimate of drug-likeness (QED) is 0.767. The van der Waals surface area contributed by atoms with Crippen LogP contribution >= 0.6 is 22.9 Å². The Balaban J connectivity index is 1.93. The number of carbonyl (C=O) groups excluding carboxylic acids is 2. The van der Waals surface area contributed by atoms with Crippen molar-refractivity contribution in [3.8, 4) is 0 Å². The second-order valence-corrected chi connectivity index (χ2v) is 5.96. The average Bonchev–Trinajstić information content (AvgIpc) is 3.05. The summed E-state index contributed by atoms with van der Waals surface area (Å²) >= 11 is 7.05. The molecule has 2 amide bonds. The fourth-order valence-electron chi connectivity index (χ4n) is 2.03. The normalized spacial score (nSPS) is 10.8. The Kier molecular flexibility index (Phi) is 3.59. The highest BCUT2D eigenvalue weighted by molar-refractivity contribution is 7.17. The highest BCUT2D eigenvalue weighted by atomic mass is 35.5. The maximum absolute atomic E-state index is 12.3. The van der Waals surface area contributed by atoms with E-state index in [2.05, 4.69) is 10.3 Å². The fraction of sp³-hybridized carbons (Fsp3) is 0.0714. The molecular formula is C14H10ClN3O3S. The van der Waals surface area contributed by atoms with Crippen molar-refractivity contribution < 1.29 is 14.0 Å². The summed E-state index contributed by atoms with van der Waals surface area (Å²) in [5, 5.41) is 4.05. The van der Waals surface area contributed by atoms with Crippen LogP contribution in [0.5, 0.6) is 0 Å². The lowest BCUT2D eigenvalue weighted by Gasteiger charge is -1.98. The zero-order valence-electron chi connectivity index (χ0n) is 11.3. The van der Waals surface area contributed by atoms with Gasteiger partial charge in [-0.15, -0.1) is 0 Å². The lowest BCUT2D eigenvalue weighted by Crippen LogP contribution is -2.11. The number of carbonyl (C=O) groups is 2. The van der Waals surface area contributed by atoms with Crippen molar-refractivity contribution in [3.05, 3.63) is 45.6 Å². The number of thiazole rings is 1. The molecule has 0 fully saturated rings. The van der Waals surface area contributed by atoms with Gasteiger partial charge in [-0.25, -0.2) is 4.98 Å². The number of para-hydroxylation sites is 1. The maximum Gasteiger partial charge on any atom is 0.293 e. The number of furan rings is 1. The molecule has 0 aliphatic heterocycles. The molecule has 0 saturated carbocycles. The number of primary amides is 1. The molecule has 6 nitrogen and oxygen atoms in total. The number of nitrogens with one attached hydrogen (secondary N) is 1. The van der Waals surface area contributed by atoms with Gasteiger partial charge >= 0.3 is 0 Å². The molecule has 0 spiro atoms. The number of amides is 2. The molecule has 2 heterocycles. The standard InChI is InChI=1S/C14H10ClN3O3S/c1-6-7-3-2-4-8(15)11(7)21-10(6)13(20)18-14-17-5-9(22-14)12(16)19/h2-5H,1H3,(H2,16,19)(H,17,18,20). The molecule has 112 valence electrons. The van der Waals surface area contributed by atoms with E-state index in [1.54, 1.807) is 19.1 Å². The molecule has 2 aromatic heterocycles. The minimum atomic E-state index is -0.593. The van der Waals surface area contributed by atoms with E-state index < -0.39 is 11.8 Å². The number of aromatic nitrogens is 1. The van der Waals surface area contributed by atoms with Gasteiger partial charge in [0.25, 0.3) is 11.8 Å². The van der Waals surface area contributed by atoms with E-state index in [-0.39, 0.29) is 15.8 Å². The summed E-state index contributed by atoms with van der Waals surface area (Å²) in [7, 11) is 0. The zero-order valence-corrected chi connectivity index (χ0v) is 12.9. The molecule has 3 rings (SSSR count). The first-order valence-electron chi connectivity index (χ1n) is 6.22. The fourth-order valence-corrected chi connectivity index (χ4v) is 2.90. The van der Waals surface area contributed by atoms with Crippen LogP contribution in [-0.2, 0) is 0 Å². The van der Waals surface area contributed by atoms with Crippen molar-refractivity contribution in [2.75, 3.05) is 5.32 Å². The average molecular weight is 336 g/mol. The van der Waals surface area contributed by atoms with Crippen LogP contribution in [0.25, 0.3) is 11.0 Å². The number of nitrogens with zero attached hydrogens (tertiary/aromatic N) is 1. The Bertz CT molecular complexity index is 900. The number of halogens is 1. The summed E-state index contributed by atoms with van der Waals surface area (Å²) in [6.07, 6.45) is 1.31. The van der Waals surface area contributed by atoms with Gasteiger partial charge < -0.3 is 10.2 Å². The third kappa shape index (κ3) is 2.44. The monoisotopic (exact) mass is 335 g/mol. The lowest BCUT2D eigenvalue weighted by molar-refractivity contribution is 0.0992. The predicted octanol–water partition coefficient (Wildman–Crippen LogP) is 3.20. The first kappa shape index (κ1) is 14.6. The second kappa shape index (κ2) is 5.43. The number of aryl methyl sites for hydroxylation is 1. The number of fused-ring (bicyclic) bond motifs is 1. The summed E-state index contributed by atoms with van der Waals surface area (Å²) in [6, 6.07) is 5.30. The van der Waals surface area contributed by atoms with E-state index in [0.717, 1.165) is 16.7 Å². The van der Waals surface area contributed by atoms with Crippen molar-refractivity contribution >= 4 is 50.9 Å². The molecule has 0 atom stereocenters. The Hall–Kier alpha value is -2.38. The van der Waals surface area contributed by atoms with Crippen LogP contribution in [0.4, 0.5) is 5.13 Å². The van der Waals surface area contributed by atoms with Gasteiger partial charge in [0.1, 0.15) is 4.88 Å². The highest BCUT2D eigenvalue weighted by Crippen LogP contribution is 2.31. The molecule has 22 heavy (non-hydrogen) atoms. The Labute approximate surface area is 133 Å². The first-order valence-corrected chi connectivity index (χ1v) is 7.41. The Morgan fingerprint density at radius 1 is 1.41 bits per heavy atom. The Morgan fingerprint density at radius 3 is 2.82 bits per heavy atom. The molecule has 0 unspecified atom stereocenters. The van der Waals surface area contributed by atoms with Crippen LogP contribution in [0.3, 0.4) is 0 Å². The maximum atomic E-state index is 12.3. The highest BCUT2D eigenvalue weighted by Gasteiger charge is 2.20. The number of nitrogens with two attached hydrogens (primary N) is 1. The van der Waals surface area contributed by atoms with Gasteiger partial charge in [0.2, 0.25) is 0 Å². The molecule has 0 bridgehead atoms. The van der Waals surface area contributed by atoms with E-state index in [4.69, 9.17) is 21.8 Å². The van der Waals surface area contributed by atoms with E-state index in [9.17, 15) is 9.59 Å². The van der Waals surface area contributed by atoms with E-state index in [1.807, 2.05) is 6.07 Å². The lowest BCUT2D eigenvalue weighted by atomic mass is 10.1. The van der Waals surface area contributed by atoms with Gasteiger partial charge in [-0.3, -0.25) is 14.9 Å². The summed E-state index contributed by atoms with van der Waals surface area (Å²) in [5.74, 6) is -0.904. The minimum Gasteiger partial charge on any atom is -0.449 e. The van der Waals surface area contributed by atoms with Crippen LogP contribution in [0.1, 0.15) is 25.8 Å². The second-order valence-electron chi connectivity index (χ2n) is 4.52. The van der Waals surface area contributed by atoms with Crippen LogP contribution < -0.4 is 11.1 Å². The summed E-state index contributed by atoms with van der Waals surface area (Å²) < 4.78 is 5.56. The van der Waals surface area contributed by atoms with E-state index >= 15 is 0 Å². The SMILES string of the molecule is Cc1c(C(=O)Nc2ncc(C(N)=O)s2)oc2c(Cl)cccc12. The van der Waals surface area contributed by atoms with Crippen LogP contribution in [0.2, 0.25) is 5.02 Å². The summed E-state index contributed by atoms with van der Waals surface area (Å²) in [6.45, 7) is 1.77. The number of anilines is 1. The van der Waals surface area contributed by atoms with Crippen molar-refractivity contribution in [2.45, 2.75) is 6.92 Å². The zero-order chi connectivity index (χ0) is 15.9. The number of hydrogen-bond acceptors (Lipinski definition) is 5. The van der Waals surface area contributed by atoms with Gasteiger partial charge in [0.15, 0.2) is 16.5 Å². The van der Waals surface area contributed by atoms with E-state index in [1.165, 1.54) is 6.20 Å². The first-order chi connectivity index (χ1) is 10.5. The van der Waals surface area contributed by atoms with Gasteiger partial charge in [-0.1, -0.05) is 35.1 Å². The third-order valence-corrected chi connectivity index (χ3v) is 4.32. The number of hydrogen-bond donors (Lipinski definition) is 2. The molecule has 0 saturated heterocycles. The van der Waals surface area contributed by atoms with Gasteiger partial charge in [-0.05, 0) is 13.0 Å². The molecule has 0 aliphatic rings. The molecule has 0 radical (unpaired) electrons. The number of rotatable bonds is 3.